The summed E-state index contributed by atoms with van der Waals surface area (Å²) in [6.45, 7) is 13.4. The summed E-state index contributed by atoms with van der Waals surface area (Å²) in [5.74, 6) is 0.371. The van der Waals surface area contributed by atoms with E-state index in [1.54, 1.807) is 6.92 Å². The Labute approximate surface area is 171 Å². The first-order chi connectivity index (χ1) is 13.2. The van der Waals surface area contributed by atoms with Crippen LogP contribution in [-0.2, 0) is 9.22 Å². The minimum absolute atomic E-state index is 0.0152. The van der Waals surface area contributed by atoms with Gasteiger partial charge in [0.1, 0.15) is 0 Å². The number of amides is 1. The Balaban J connectivity index is 2.35. The van der Waals surface area contributed by atoms with E-state index < -0.39 is 8.32 Å². The lowest BCUT2D eigenvalue weighted by atomic mass is 10.0. The van der Waals surface area contributed by atoms with Crippen molar-refractivity contribution in [3.8, 4) is 0 Å². The van der Waals surface area contributed by atoms with Crippen molar-refractivity contribution >= 4 is 24.6 Å². The summed E-state index contributed by atoms with van der Waals surface area (Å²) < 4.78 is 6.96. The topological polar surface area (TPSA) is 38.3 Å². The van der Waals surface area contributed by atoms with Gasteiger partial charge in [-0.25, -0.2) is 0 Å². The molecule has 152 valence electrons. The van der Waals surface area contributed by atoms with E-state index in [0.717, 1.165) is 6.42 Å². The number of nitrogens with one attached hydrogen (secondary N) is 1. The van der Waals surface area contributed by atoms with Crippen LogP contribution in [0.5, 0.6) is 0 Å². The van der Waals surface area contributed by atoms with Gasteiger partial charge in [-0.2, -0.15) is 0 Å². The number of hydrogen-bond acceptors (Lipinski definition) is 2. The van der Waals surface area contributed by atoms with Gasteiger partial charge in [0, 0.05) is 19.6 Å². The van der Waals surface area contributed by atoms with Gasteiger partial charge in [-0.3, -0.25) is 4.79 Å². The molecule has 2 aromatic carbocycles. The maximum absolute atomic E-state index is 11.3. The fraction of sp³-hybridized carbons (Fsp3) is 0.458. The predicted octanol–water partition coefficient (Wildman–Crippen LogP) is 4.11. The van der Waals surface area contributed by atoms with Crippen LogP contribution in [0.25, 0.3) is 0 Å². The molecule has 0 heterocycles. The smallest absolute Gasteiger partial charge is 0.261 e. The van der Waals surface area contributed by atoms with Crippen molar-refractivity contribution in [1.29, 1.82) is 0 Å². The van der Waals surface area contributed by atoms with Crippen molar-refractivity contribution in [3.63, 3.8) is 0 Å². The van der Waals surface area contributed by atoms with Gasteiger partial charge >= 0.3 is 0 Å². The monoisotopic (exact) mass is 397 g/mol. The zero-order chi connectivity index (χ0) is 20.8. The van der Waals surface area contributed by atoms with Gasteiger partial charge in [0.25, 0.3) is 8.32 Å². The minimum atomic E-state index is -2.48. The summed E-state index contributed by atoms with van der Waals surface area (Å²) in [6.07, 6.45) is 0.901. The summed E-state index contributed by atoms with van der Waals surface area (Å²) in [6, 6.07) is 21.6. The van der Waals surface area contributed by atoms with Crippen LogP contribution in [0.3, 0.4) is 0 Å². The average molecular weight is 398 g/mol. The van der Waals surface area contributed by atoms with E-state index in [0.29, 0.717) is 12.5 Å². The van der Waals surface area contributed by atoms with E-state index in [9.17, 15) is 4.79 Å². The highest BCUT2D eigenvalue weighted by atomic mass is 28.4. The first kappa shape index (κ1) is 22.4. The molecule has 3 nitrogen and oxygen atoms in total. The molecule has 0 aliphatic rings. The summed E-state index contributed by atoms with van der Waals surface area (Å²) in [4.78, 5) is 11.3. The predicted molar refractivity (Wildman–Crippen MR) is 121 cm³/mol. The lowest BCUT2D eigenvalue weighted by Gasteiger charge is -2.43. The molecule has 0 aliphatic carbocycles. The van der Waals surface area contributed by atoms with Crippen LogP contribution in [0.4, 0.5) is 0 Å². The van der Waals surface area contributed by atoms with Crippen molar-refractivity contribution in [3.05, 3.63) is 60.7 Å². The number of benzene rings is 2. The van der Waals surface area contributed by atoms with Gasteiger partial charge in [-0.15, -0.1) is 0 Å². The van der Waals surface area contributed by atoms with E-state index in [1.165, 1.54) is 10.4 Å². The third kappa shape index (κ3) is 5.33. The normalized spacial score (nSPS) is 14.4. The first-order valence-corrected chi connectivity index (χ1v) is 12.1. The molecule has 2 rings (SSSR count). The van der Waals surface area contributed by atoms with Crippen LogP contribution in [0.15, 0.2) is 60.7 Å². The molecule has 1 N–H and O–H groups in total. The molecule has 2 atom stereocenters. The highest BCUT2D eigenvalue weighted by Crippen LogP contribution is 2.37. The van der Waals surface area contributed by atoms with E-state index in [4.69, 9.17) is 4.43 Å². The molecule has 2 aromatic rings. The largest absolute Gasteiger partial charge is 0.407 e. The van der Waals surface area contributed by atoms with Crippen molar-refractivity contribution in [1.82, 2.24) is 5.32 Å². The average Bonchev–Trinajstić information content (AvgIpc) is 2.62. The van der Waals surface area contributed by atoms with Crippen LogP contribution in [0.1, 0.15) is 48.0 Å². The molecule has 0 spiro atoms. The van der Waals surface area contributed by atoms with Crippen LogP contribution in [0.2, 0.25) is 5.04 Å². The SMILES string of the molecule is CC(=O)N[C@@H](C)C[C@H](C)CO[Si](c1ccccc1)(c1ccccc1)C(C)(C)C. The van der Waals surface area contributed by atoms with Crippen LogP contribution in [0, 0.1) is 5.92 Å². The molecule has 0 unspecified atom stereocenters. The molecule has 28 heavy (non-hydrogen) atoms. The molecule has 0 saturated heterocycles. The lowest BCUT2D eigenvalue weighted by molar-refractivity contribution is -0.119. The number of carbonyl (C=O) groups excluding carboxylic acids is 1. The van der Waals surface area contributed by atoms with Gasteiger partial charge in [0.2, 0.25) is 5.91 Å². The molecule has 0 fully saturated rings. The third-order valence-corrected chi connectivity index (χ3v) is 10.2. The second-order valence-corrected chi connectivity index (χ2v) is 13.2. The molecule has 0 aromatic heterocycles. The second-order valence-electron chi connectivity index (χ2n) is 8.92. The van der Waals surface area contributed by atoms with Gasteiger partial charge in [0.15, 0.2) is 0 Å². The second kappa shape index (κ2) is 9.53. The highest BCUT2D eigenvalue weighted by Gasteiger charge is 2.50. The zero-order valence-electron chi connectivity index (χ0n) is 18.2. The quantitative estimate of drug-likeness (QED) is 0.681. The molecule has 0 radical (unpaired) electrons. The number of rotatable bonds is 8. The number of carbonyl (C=O) groups is 1. The molecular formula is C24H35NO2Si. The fourth-order valence-electron chi connectivity index (χ4n) is 4.11. The molecule has 0 aliphatic heterocycles. The van der Waals surface area contributed by atoms with Gasteiger partial charge in [0.05, 0.1) is 0 Å². The Hall–Kier alpha value is -1.91. The maximum Gasteiger partial charge on any atom is 0.261 e. The summed E-state index contributed by atoms with van der Waals surface area (Å²) in [5, 5.41) is 5.57. The van der Waals surface area contributed by atoms with E-state index in [2.05, 4.69) is 101 Å². The molecule has 0 saturated carbocycles. The van der Waals surface area contributed by atoms with Gasteiger partial charge < -0.3 is 9.74 Å². The van der Waals surface area contributed by atoms with Crippen molar-refractivity contribution in [2.45, 2.75) is 59.0 Å². The Bertz CT molecular complexity index is 701. The summed E-state index contributed by atoms with van der Waals surface area (Å²) in [7, 11) is -2.48. The van der Waals surface area contributed by atoms with E-state index in [1.807, 2.05) is 0 Å². The highest BCUT2D eigenvalue weighted by molar-refractivity contribution is 6.99. The Morgan fingerprint density at radius 1 is 0.964 bits per heavy atom. The minimum Gasteiger partial charge on any atom is -0.407 e. The molecule has 0 bridgehead atoms. The van der Waals surface area contributed by atoms with Gasteiger partial charge in [-0.05, 0) is 34.7 Å². The fourth-order valence-corrected chi connectivity index (χ4v) is 8.80. The maximum atomic E-state index is 11.3. The summed E-state index contributed by atoms with van der Waals surface area (Å²) in [5.41, 5.74) is 0. The molecular weight excluding hydrogens is 362 g/mol. The van der Waals surface area contributed by atoms with E-state index >= 15 is 0 Å². The zero-order valence-corrected chi connectivity index (χ0v) is 19.2. The number of hydrogen-bond donors (Lipinski definition) is 1. The Morgan fingerprint density at radius 2 is 1.43 bits per heavy atom. The van der Waals surface area contributed by atoms with Gasteiger partial charge in [-0.1, -0.05) is 88.4 Å². The third-order valence-electron chi connectivity index (χ3n) is 5.21. The molecule has 4 heteroatoms. The molecule has 1 amide bonds. The van der Waals surface area contributed by atoms with Crippen molar-refractivity contribution in [2.75, 3.05) is 6.61 Å². The summed E-state index contributed by atoms with van der Waals surface area (Å²) >= 11 is 0. The van der Waals surface area contributed by atoms with Crippen molar-refractivity contribution in [2.24, 2.45) is 5.92 Å². The first-order valence-electron chi connectivity index (χ1n) is 10.2. The van der Waals surface area contributed by atoms with Crippen LogP contribution < -0.4 is 15.7 Å². The Morgan fingerprint density at radius 3 is 1.82 bits per heavy atom. The van der Waals surface area contributed by atoms with Crippen molar-refractivity contribution < 1.29 is 9.22 Å². The van der Waals surface area contributed by atoms with Crippen LogP contribution >= 0.6 is 0 Å². The van der Waals surface area contributed by atoms with Crippen LogP contribution in [-0.4, -0.2) is 26.9 Å². The standard InChI is InChI=1S/C24H35NO2Si/c1-19(17-20(2)25-21(3)26)18-27-28(24(4,5)6,22-13-9-7-10-14-22)23-15-11-8-12-16-23/h7-16,19-20H,17-18H2,1-6H3,(H,25,26)/t19-,20-/m0/s1. The Kier molecular flexibility index (Phi) is 7.61. The lowest BCUT2D eigenvalue weighted by Crippen LogP contribution is -2.66. The van der Waals surface area contributed by atoms with E-state index in [-0.39, 0.29) is 17.0 Å².